The number of hydrogen-bond acceptors (Lipinski definition) is 6. The average Bonchev–Trinajstić information content (AvgIpc) is 2.78. The van der Waals surface area contributed by atoms with Crippen LogP contribution in [0.5, 0.6) is 5.75 Å². The maximum atomic E-state index is 14.2. The van der Waals surface area contributed by atoms with Crippen LogP contribution in [0.25, 0.3) is 0 Å². The summed E-state index contributed by atoms with van der Waals surface area (Å²) in [6.45, 7) is 2.25. The molecule has 0 fully saturated rings. The fourth-order valence-corrected chi connectivity index (χ4v) is 2.96. The fourth-order valence-electron chi connectivity index (χ4n) is 2.96. The Kier molecular flexibility index (Phi) is 7.67. The number of ether oxygens (including phenoxy) is 2. The largest absolute Gasteiger partial charge is 0.497 e. The summed E-state index contributed by atoms with van der Waals surface area (Å²) in [6.07, 6.45) is 1.43. The number of urea groups is 1. The first-order valence-corrected chi connectivity index (χ1v) is 9.80. The lowest BCUT2D eigenvalue weighted by molar-refractivity contribution is 0.190. The van der Waals surface area contributed by atoms with Gasteiger partial charge in [-0.15, -0.1) is 0 Å². The first-order valence-electron chi connectivity index (χ1n) is 9.80. The summed E-state index contributed by atoms with van der Waals surface area (Å²) in [4.78, 5) is 22.7. The molecule has 3 aromatic rings. The van der Waals surface area contributed by atoms with Crippen molar-refractivity contribution in [1.82, 2.24) is 9.97 Å². The van der Waals surface area contributed by atoms with Crippen LogP contribution in [0.1, 0.15) is 6.92 Å². The van der Waals surface area contributed by atoms with Crippen LogP contribution >= 0.6 is 0 Å². The number of anilines is 4. The maximum absolute atomic E-state index is 14.2. The lowest BCUT2D eigenvalue weighted by Gasteiger charge is -2.23. The van der Waals surface area contributed by atoms with Gasteiger partial charge in [0.15, 0.2) is 11.6 Å². The van der Waals surface area contributed by atoms with E-state index < -0.39 is 29.2 Å². The molecule has 1 aromatic heterocycles. The number of halogens is 3. The molecule has 33 heavy (non-hydrogen) atoms. The summed E-state index contributed by atoms with van der Waals surface area (Å²) in [7, 11) is 3.05. The second-order valence-corrected chi connectivity index (χ2v) is 6.95. The zero-order valence-corrected chi connectivity index (χ0v) is 18.1. The number of rotatable bonds is 8. The highest BCUT2D eigenvalue weighted by Crippen LogP contribution is 2.28. The van der Waals surface area contributed by atoms with Gasteiger partial charge in [-0.3, -0.25) is 0 Å². The molecule has 0 spiro atoms. The van der Waals surface area contributed by atoms with E-state index >= 15 is 0 Å². The first kappa shape index (κ1) is 23.8. The quantitative estimate of drug-likeness (QED) is 0.472. The fraction of sp³-hybridized carbons (Fsp3) is 0.227. The number of nitrogens with zero attached hydrogens (tertiary/aromatic N) is 3. The van der Waals surface area contributed by atoms with Gasteiger partial charge in [-0.2, -0.15) is 4.98 Å². The number of carbonyl (C=O) groups excluding carboxylic acids is 1. The van der Waals surface area contributed by atoms with Crippen LogP contribution in [0.2, 0.25) is 0 Å². The van der Waals surface area contributed by atoms with E-state index in [-0.39, 0.29) is 17.8 Å². The number of aromatic nitrogens is 2. The average molecular weight is 461 g/mol. The highest BCUT2D eigenvalue weighted by atomic mass is 19.2. The topological polar surface area (TPSA) is 88.6 Å². The van der Waals surface area contributed by atoms with Crippen molar-refractivity contribution in [3.63, 3.8) is 0 Å². The van der Waals surface area contributed by atoms with Crippen LogP contribution in [0.15, 0.2) is 48.7 Å². The molecular formula is C22H22F3N5O3. The van der Waals surface area contributed by atoms with Crippen LogP contribution in [0.3, 0.4) is 0 Å². The normalized spacial score (nSPS) is 11.6. The zero-order valence-electron chi connectivity index (χ0n) is 18.1. The molecule has 2 aromatic carbocycles. The molecule has 0 bridgehead atoms. The Bertz CT molecular complexity index is 1110. The summed E-state index contributed by atoms with van der Waals surface area (Å²) < 4.78 is 51.6. The van der Waals surface area contributed by atoms with Crippen molar-refractivity contribution in [2.75, 3.05) is 36.4 Å². The summed E-state index contributed by atoms with van der Waals surface area (Å²) in [5.41, 5.74) is -0.322. The van der Waals surface area contributed by atoms with Gasteiger partial charge in [-0.05, 0) is 31.2 Å². The van der Waals surface area contributed by atoms with Crippen LogP contribution in [0, 0.1) is 17.5 Å². The van der Waals surface area contributed by atoms with Gasteiger partial charge in [0.05, 0.1) is 25.1 Å². The van der Waals surface area contributed by atoms with Crippen molar-refractivity contribution >= 4 is 29.2 Å². The van der Waals surface area contributed by atoms with Gasteiger partial charge in [0.2, 0.25) is 5.95 Å². The Hall–Kier alpha value is -3.86. The molecule has 8 nitrogen and oxygen atoms in total. The molecule has 0 aliphatic heterocycles. The highest BCUT2D eigenvalue weighted by Gasteiger charge is 2.23. The molecule has 2 N–H and O–H groups in total. The van der Waals surface area contributed by atoms with Gasteiger partial charge < -0.3 is 20.1 Å². The third-order valence-corrected chi connectivity index (χ3v) is 4.43. The predicted octanol–water partition coefficient (Wildman–Crippen LogP) is 4.72. The Labute approximate surface area is 188 Å². The van der Waals surface area contributed by atoms with Crippen LogP contribution in [-0.2, 0) is 4.74 Å². The molecule has 0 aliphatic carbocycles. The van der Waals surface area contributed by atoms with E-state index in [1.165, 1.54) is 19.4 Å². The van der Waals surface area contributed by atoms with Crippen molar-refractivity contribution in [2.24, 2.45) is 0 Å². The van der Waals surface area contributed by atoms with Crippen molar-refractivity contribution < 1.29 is 27.4 Å². The summed E-state index contributed by atoms with van der Waals surface area (Å²) in [5.74, 6) is -2.99. The third kappa shape index (κ3) is 5.89. The minimum absolute atomic E-state index is 0.122. The van der Waals surface area contributed by atoms with E-state index in [4.69, 9.17) is 9.47 Å². The van der Waals surface area contributed by atoms with Gasteiger partial charge in [-0.25, -0.2) is 27.8 Å². The van der Waals surface area contributed by atoms with E-state index in [2.05, 4.69) is 20.6 Å². The minimum atomic E-state index is -1.43. The third-order valence-electron chi connectivity index (χ3n) is 4.43. The number of benzene rings is 2. The molecule has 1 unspecified atom stereocenters. The molecular weight excluding hydrogens is 439 g/mol. The van der Waals surface area contributed by atoms with E-state index in [0.29, 0.717) is 30.2 Å². The summed E-state index contributed by atoms with van der Waals surface area (Å²) in [6, 6.07) is 7.86. The lowest BCUT2D eigenvalue weighted by atomic mass is 10.2. The van der Waals surface area contributed by atoms with Crippen molar-refractivity contribution in [2.45, 2.75) is 13.0 Å². The number of nitrogens with one attached hydrogen (secondary N) is 2. The summed E-state index contributed by atoms with van der Waals surface area (Å²) in [5, 5.41) is 5.23. The van der Waals surface area contributed by atoms with Crippen LogP contribution < -0.4 is 20.3 Å². The molecule has 0 radical (unpaired) electrons. The lowest BCUT2D eigenvalue weighted by Crippen LogP contribution is -2.32. The van der Waals surface area contributed by atoms with Gasteiger partial charge >= 0.3 is 6.03 Å². The monoisotopic (exact) mass is 461 g/mol. The van der Waals surface area contributed by atoms with E-state index in [0.717, 1.165) is 4.90 Å². The Balaban J connectivity index is 1.99. The SMILES string of the molecule is COCC(C)Nc1nccc(N(C(=O)Nc2cc(F)cc(F)c2F)c2ccc(OC)cc2)n1. The number of hydrogen-bond donors (Lipinski definition) is 2. The highest BCUT2D eigenvalue weighted by molar-refractivity contribution is 6.06. The van der Waals surface area contributed by atoms with Crippen molar-refractivity contribution in [3.8, 4) is 5.75 Å². The molecule has 0 saturated heterocycles. The first-order chi connectivity index (χ1) is 15.8. The van der Waals surface area contributed by atoms with Crippen LogP contribution in [0.4, 0.5) is 41.1 Å². The second-order valence-electron chi connectivity index (χ2n) is 6.95. The molecule has 11 heteroatoms. The molecule has 1 atom stereocenters. The Morgan fingerprint density at radius 3 is 2.52 bits per heavy atom. The minimum Gasteiger partial charge on any atom is -0.497 e. The van der Waals surface area contributed by atoms with Crippen molar-refractivity contribution in [1.29, 1.82) is 0 Å². The molecule has 0 saturated carbocycles. The number of methoxy groups -OCH3 is 2. The molecule has 0 aliphatic rings. The summed E-state index contributed by atoms with van der Waals surface area (Å²) >= 11 is 0. The molecule has 2 amide bonds. The molecule has 174 valence electrons. The predicted molar refractivity (Wildman–Crippen MR) is 117 cm³/mol. The van der Waals surface area contributed by atoms with E-state index in [9.17, 15) is 18.0 Å². The Morgan fingerprint density at radius 1 is 1.12 bits per heavy atom. The van der Waals surface area contributed by atoms with Gasteiger partial charge in [-0.1, -0.05) is 0 Å². The Morgan fingerprint density at radius 2 is 1.85 bits per heavy atom. The van der Waals surface area contributed by atoms with Crippen LogP contribution in [-0.4, -0.2) is 42.9 Å². The molecule has 1 heterocycles. The number of carbonyl (C=O) groups is 1. The second kappa shape index (κ2) is 10.6. The van der Waals surface area contributed by atoms with E-state index in [1.807, 2.05) is 6.92 Å². The van der Waals surface area contributed by atoms with Gasteiger partial charge in [0, 0.05) is 37.5 Å². The van der Waals surface area contributed by atoms with E-state index in [1.54, 1.807) is 31.4 Å². The van der Waals surface area contributed by atoms with Crippen molar-refractivity contribution in [3.05, 3.63) is 66.1 Å². The van der Waals surface area contributed by atoms with Gasteiger partial charge in [0.1, 0.15) is 17.4 Å². The standard InChI is InChI=1S/C22H22F3N5O3/c1-13(12-32-2)27-21-26-9-8-19(29-21)30(15-4-6-16(33-3)7-5-15)22(31)28-18-11-14(23)10-17(24)20(18)25/h4-11,13H,12H2,1-3H3,(H,28,31)(H,26,27,29). The number of amides is 2. The maximum Gasteiger partial charge on any atom is 0.332 e. The van der Waals surface area contributed by atoms with Gasteiger partial charge in [0.25, 0.3) is 0 Å². The zero-order chi connectivity index (χ0) is 24.0. The smallest absolute Gasteiger partial charge is 0.332 e. The molecule has 3 rings (SSSR count).